The Morgan fingerprint density at radius 3 is 2.64 bits per heavy atom. The first-order valence-electron chi connectivity index (χ1n) is 7.44. The van der Waals surface area contributed by atoms with Gasteiger partial charge < -0.3 is 4.74 Å². The Hall–Kier alpha value is -2.70. The summed E-state index contributed by atoms with van der Waals surface area (Å²) in [5.41, 5.74) is 0.951. The molecule has 0 aliphatic heterocycles. The normalized spacial score (nSPS) is 10.8. The van der Waals surface area contributed by atoms with Gasteiger partial charge >= 0.3 is 0 Å². The molecule has 0 saturated heterocycles. The fourth-order valence-electron chi connectivity index (χ4n) is 1.92. The molecule has 0 radical (unpaired) electrons. The molecule has 0 spiro atoms. The largest absolute Gasteiger partial charge is 0.486 e. The van der Waals surface area contributed by atoms with Crippen molar-refractivity contribution in [3.05, 3.63) is 76.3 Å². The molecule has 1 heterocycles. The number of hydrogen-bond donors (Lipinski definition) is 1. The lowest BCUT2D eigenvalue weighted by Crippen LogP contribution is -2.07. The molecule has 3 rings (SSSR count). The van der Waals surface area contributed by atoms with Gasteiger partial charge in [-0.15, -0.1) is 10.2 Å². The second-order valence-corrected chi connectivity index (χ2v) is 6.48. The van der Waals surface area contributed by atoms with Gasteiger partial charge in [0.05, 0.1) is 0 Å². The number of benzene rings is 2. The van der Waals surface area contributed by atoms with Crippen LogP contribution >= 0.6 is 22.9 Å². The maximum absolute atomic E-state index is 11.9. The van der Waals surface area contributed by atoms with Crippen LogP contribution in [0.1, 0.15) is 10.6 Å². The summed E-state index contributed by atoms with van der Waals surface area (Å²) in [6.45, 7) is 0.273. The van der Waals surface area contributed by atoms with E-state index in [9.17, 15) is 4.79 Å². The highest BCUT2D eigenvalue weighted by molar-refractivity contribution is 7.15. The second kappa shape index (κ2) is 8.41. The van der Waals surface area contributed by atoms with Crippen LogP contribution in [-0.4, -0.2) is 16.1 Å². The number of amides is 1. The number of halogens is 1. The molecule has 1 amide bonds. The molecule has 0 bridgehead atoms. The molecule has 0 fully saturated rings. The summed E-state index contributed by atoms with van der Waals surface area (Å²) in [5, 5.41) is 12.4. The van der Waals surface area contributed by atoms with E-state index in [4.69, 9.17) is 16.3 Å². The molecule has 0 aliphatic rings. The lowest BCUT2D eigenvalue weighted by Gasteiger charge is -2.02. The number of carbonyl (C=O) groups excluding carboxylic acids is 1. The summed E-state index contributed by atoms with van der Waals surface area (Å²) in [6, 6.07) is 16.6. The fraction of sp³-hybridized carbons (Fsp3) is 0.0556. The Morgan fingerprint density at radius 2 is 1.88 bits per heavy atom. The minimum atomic E-state index is -0.259. The highest BCUT2D eigenvalue weighted by atomic mass is 35.5. The van der Waals surface area contributed by atoms with Crippen LogP contribution in [0.3, 0.4) is 0 Å². The number of hydrogen-bond acceptors (Lipinski definition) is 5. The standard InChI is InChI=1S/C18H14ClN3O2S/c19-14-7-9-15(10-8-14)24-12-17-21-22-18(25-17)20-16(23)11-6-13-4-2-1-3-5-13/h1-11H,12H2,(H,20,22,23)/b11-6+. The molecular weight excluding hydrogens is 358 g/mol. The molecule has 0 unspecified atom stereocenters. The summed E-state index contributed by atoms with van der Waals surface area (Å²) in [5.74, 6) is 0.432. The molecule has 25 heavy (non-hydrogen) atoms. The van der Waals surface area contributed by atoms with Crippen molar-refractivity contribution in [1.29, 1.82) is 0 Å². The van der Waals surface area contributed by atoms with Gasteiger partial charge in [0.15, 0.2) is 5.01 Å². The quantitative estimate of drug-likeness (QED) is 0.651. The Bertz CT molecular complexity index is 864. The Balaban J connectivity index is 1.51. The van der Waals surface area contributed by atoms with Gasteiger partial charge in [-0.2, -0.15) is 0 Å². The molecule has 3 aromatic rings. The maximum atomic E-state index is 11.9. The Kier molecular flexibility index (Phi) is 5.77. The molecule has 5 nitrogen and oxygen atoms in total. The van der Waals surface area contributed by atoms with E-state index in [1.165, 1.54) is 17.4 Å². The average molecular weight is 372 g/mol. The van der Waals surface area contributed by atoms with E-state index < -0.39 is 0 Å². The maximum Gasteiger partial charge on any atom is 0.250 e. The van der Waals surface area contributed by atoms with E-state index in [2.05, 4.69) is 15.5 Å². The van der Waals surface area contributed by atoms with E-state index in [-0.39, 0.29) is 12.5 Å². The molecule has 1 aromatic heterocycles. The van der Waals surface area contributed by atoms with Gasteiger partial charge in [-0.25, -0.2) is 0 Å². The van der Waals surface area contributed by atoms with Gasteiger partial charge in [-0.3, -0.25) is 10.1 Å². The van der Waals surface area contributed by atoms with Crippen LogP contribution < -0.4 is 10.1 Å². The minimum absolute atomic E-state index is 0.259. The SMILES string of the molecule is O=C(/C=C/c1ccccc1)Nc1nnc(COc2ccc(Cl)cc2)s1. The predicted octanol–water partition coefficient (Wildman–Crippen LogP) is 4.42. The highest BCUT2D eigenvalue weighted by Gasteiger charge is 2.07. The summed E-state index contributed by atoms with van der Waals surface area (Å²) in [4.78, 5) is 11.9. The monoisotopic (exact) mass is 371 g/mol. The van der Waals surface area contributed by atoms with Crippen LogP contribution in [0, 0.1) is 0 Å². The topological polar surface area (TPSA) is 64.1 Å². The van der Waals surface area contributed by atoms with Crippen LogP contribution in [0.2, 0.25) is 5.02 Å². The van der Waals surface area contributed by atoms with E-state index in [0.29, 0.717) is 20.9 Å². The molecule has 1 N–H and O–H groups in total. The average Bonchev–Trinajstić information content (AvgIpc) is 3.08. The summed E-state index contributed by atoms with van der Waals surface area (Å²) in [6.07, 6.45) is 3.20. The lowest BCUT2D eigenvalue weighted by molar-refractivity contribution is -0.111. The number of carbonyl (C=O) groups is 1. The third kappa shape index (κ3) is 5.41. The smallest absolute Gasteiger partial charge is 0.250 e. The zero-order valence-electron chi connectivity index (χ0n) is 13.1. The van der Waals surface area contributed by atoms with Crippen molar-refractivity contribution in [2.75, 3.05) is 5.32 Å². The van der Waals surface area contributed by atoms with Crippen LogP contribution in [0.4, 0.5) is 5.13 Å². The zero-order chi connectivity index (χ0) is 17.5. The Labute approximate surface area is 153 Å². The first kappa shape index (κ1) is 17.1. The highest BCUT2D eigenvalue weighted by Crippen LogP contribution is 2.20. The third-order valence-electron chi connectivity index (χ3n) is 3.10. The molecule has 2 aromatic carbocycles. The fourth-order valence-corrected chi connectivity index (χ4v) is 2.70. The van der Waals surface area contributed by atoms with E-state index >= 15 is 0 Å². The van der Waals surface area contributed by atoms with E-state index in [1.54, 1.807) is 30.3 Å². The van der Waals surface area contributed by atoms with E-state index in [0.717, 1.165) is 5.56 Å². The zero-order valence-corrected chi connectivity index (χ0v) is 14.6. The van der Waals surface area contributed by atoms with Crippen molar-refractivity contribution >= 4 is 40.1 Å². The third-order valence-corrected chi connectivity index (χ3v) is 4.16. The first-order valence-corrected chi connectivity index (χ1v) is 8.63. The molecule has 0 saturated carbocycles. The molecular formula is C18H14ClN3O2S. The summed E-state index contributed by atoms with van der Waals surface area (Å²) >= 11 is 7.09. The van der Waals surface area contributed by atoms with Crippen molar-refractivity contribution in [3.8, 4) is 5.75 Å². The van der Waals surface area contributed by atoms with Gasteiger partial charge in [-0.1, -0.05) is 53.3 Å². The number of aromatic nitrogens is 2. The Morgan fingerprint density at radius 1 is 1.12 bits per heavy atom. The number of rotatable bonds is 6. The predicted molar refractivity (Wildman–Crippen MR) is 99.8 cm³/mol. The van der Waals surface area contributed by atoms with Crippen LogP contribution in [-0.2, 0) is 11.4 Å². The summed E-state index contributed by atoms with van der Waals surface area (Å²) in [7, 11) is 0. The van der Waals surface area contributed by atoms with Gasteiger partial charge in [0.2, 0.25) is 11.0 Å². The summed E-state index contributed by atoms with van der Waals surface area (Å²) < 4.78 is 5.59. The minimum Gasteiger partial charge on any atom is -0.486 e. The van der Waals surface area contributed by atoms with Gasteiger partial charge in [0, 0.05) is 11.1 Å². The van der Waals surface area contributed by atoms with Crippen molar-refractivity contribution in [2.24, 2.45) is 0 Å². The lowest BCUT2D eigenvalue weighted by atomic mass is 10.2. The van der Waals surface area contributed by atoms with Crippen LogP contribution in [0.25, 0.3) is 6.08 Å². The number of nitrogens with one attached hydrogen (secondary N) is 1. The van der Waals surface area contributed by atoms with Crippen LogP contribution in [0.5, 0.6) is 5.75 Å². The molecule has 126 valence electrons. The molecule has 0 atom stereocenters. The van der Waals surface area contributed by atoms with E-state index in [1.807, 2.05) is 30.3 Å². The molecule has 0 aliphatic carbocycles. The van der Waals surface area contributed by atoms with Crippen molar-refractivity contribution < 1.29 is 9.53 Å². The van der Waals surface area contributed by atoms with Crippen molar-refractivity contribution in [1.82, 2.24) is 10.2 Å². The molecule has 7 heteroatoms. The van der Waals surface area contributed by atoms with Crippen molar-refractivity contribution in [2.45, 2.75) is 6.61 Å². The van der Waals surface area contributed by atoms with Gasteiger partial charge in [0.25, 0.3) is 0 Å². The number of nitrogens with zero attached hydrogens (tertiary/aromatic N) is 2. The second-order valence-electron chi connectivity index (χ2n) is 4.98. The van der Waals surface area contributed by atoms with Gasteiger partial charge in [0.1, 0.15) is 12.4 Å². The number of ether oxygens (including phenoxy) is 1. The van der Waals surface area contributed by atoms with Gasteiger partial charge in [-0.05, 0) is 35.9 Å². The first-order chi connectivity index (χ1) is 12.2. The van der Waals surface area contributed by atoms with Crippen molar-refractivity contribution in [3.63, 3.8) is 0 Å². The number of anilines is 1. The van der Waals surface area contributed by atoms with Crippen LogP contribution in [0.15, 0.2) is 60.7 Å².